The van der Waals surface area contributed by atoms with Gasteiger partial charge >= 0.3 is 0 Å². The lowest BCUT2D eigenvalue weighted by Crippen LogP contribution is -2.12. The highest BCUT2D eigenvalue weighted by Gasteiger charge is 2.28. The molecule has 19 heavy (non-hydrogen) atoms. The Balaban J connectivity index is 2.02. The van der Waals surface area contributed by atoms with Crippen molar-refractivity contribution >= 4 is 17.4 Å². The summed E-state index contributed by atoms with van der Waals surface area (Å²) in [6, 6.07) is 5.73. The normalized spacial score (nSPS) is 15.3. The zero-order valence-corrected chi connectivity index (χ0v) is 11.7. The van der Waals surface area contributed by atoms with Crippen LogP contribution in [0, 0.1) is 0 Å². The van der Waals surface area contributed by atoms with Gasteiger partial charge in [-0.15, -0.1) is 0 Å². The number of hydrogen-bond acceptors (Lipinski definition) is 2. The molecule has 1 aromatic rings. The van der Waals surface area contributed by atoms with Crippen LogP contribution < -0.4 is 5.32 Å². The fraction of sp³-hybridized carbons (Fsp3) is 0.500. The van der Waals surface area contributed by atoms with Crippen LogP contribution in [0.4, 0.5) is 5.69 Å². The minimum atomic E-state index is -0.511. The smallest absolute Gasteiger partial charge is 0.296 e. The van der Waals surface area contributed by atoms with E-state index >= 15 is 0 Å². The van der Waals surface area contributed by atoms with Gasteiger partial charge in [0.1, 0.15) is 0 Å². The number of Topliss-reactive ketones (excluding diaryl/α,β-unsaturated/α-hetero) is 1. The molecule has 1 unspecified atom stereocenters. The van der Waals surface area contributed by atoms with E-state index < -0.39 is 11.7 Å². The topological polar surface area (TPSA) is 46.2 Å². The largest absolute Gasteiger partial charge is 0.318 e. The number of hydrogen-bond donors (Lipinski definition) is 1. The lowest BCUT2D eigenvalue weighted by atomic mass is 9.93. The van der Waals surface area contributed by atoms with Gasteiger partial charge in [-0.1, -0.05) is 45.6 Å². The Morgan fingerprint density at radius 1 is 1.16 bits per heavy atom. The van der Waals surface area contributed by atoms with Crippen LogP contribution in [-0.2, 0) is 4.79 Å². The molecule has 1 heterocycles. The minimum absolute atomic E-state index is 0.407. The van der Waals surface area contributed by atoms with Crippen molar-refractivity contribution in [2.24, 2.45) is 0 Å². The summed E-state index contributed by atoms with van der Waals surface area (Å²) >= 11 is 0. The van der Waals surface area contributed by atoms with Gasteiger partial charge in [-0.05, 0) is 30.0 Å². The van der Waals surface area contributed by atoms with Crippen LogP contribution in [0.1, 0.15) is 67.8 Å². The third-order valence-corrected chi connectivity index (χ3v) is 3.80. The Labute approximate surface area is 114 Å². The van der Waals surface area contributed by atoms with E-state index in [0.717, 1.165) is 12.0 Å². The summed E-state index contributed by atoms with van der Waals surface area (Å²) in [5.74, 6) is -0.483. The van der Waals surface area contributed by atoms with E-state index in [9.17, 15) is 9.59 Å². The van der Waals surface area contributed by atoms with E-state index in [1.54, 1.807) is 0 Å². The van der Waals surface area contributed by atoms with E-state index in [-0.39, 0.29) is 0 Å². The molecule has 102 valence electrons. The van der Waals surface area contributed by atoms with E-state index in [4.69, 9.17) is 0 Å². The van der Waals surface area contributed by atoms with Crippen molar-refractivity contribution in [2.75, 3.05) is 5.32 Å². The van der Waals surface area contributed by atoms with E-state index in [0.29, 0.717) is 17.2 Å². The lowest BCUT2D eigenvalue weighted by Gasteiger charge is -2.12. The Kier molecular flexibility index (Phi) is 4.35. The van der Waals surface area contributed by atoms with Gasteiger partial charge in [-0.3, -0.25) is 9.59 Å². The van der Waals surface area contributed by atoms with Gasteiger partial charge in [0.15, 0.2) is 0 Å². The molecule has 2 rings (SSSR count). The van der Waals surface area contributed by atoms with Crippen LogP contribution in [0.15, 0.2) is 18.2 Å². The van der Waals surface area contributed by atoms with Crippen LogP contribution in [0.5, 0.6) is 0 Å². The van der Waals surface area contributed by atoms with Crippen LogP contribution in [0.3, 0.4) is 0 Å². The minimum Gasteiger partial charge on any atom is -0.318 e. The average Bonchev–Trinajstić information content (AvgIpc) is 2.70. The molecule has 3 heteroatoms. The van der Waals surface area contributed by atoms with Crippen molar-refractivity contribution in [3.8, 4) is 0 Å². The van der Waals surface area contributed by atoms with Gasteiger partial charge in [0.25, 0.3) is 11.7 Å². The zero-order chi connectivity index (χ0) is 13.8. The fourth-order valence-electron chi connectivity index (χ4n) is 2.51. The first-order valence-corrected chi connectivity index (χ1v) is 7.13. The van der Waals surface area contributed by atoms with Crippen LogP contribution in [0.2, 0.25) is 0 Å². The van der Waals surface area contributed by atoms with Crippen molar-refractivity contribution in [3.63, 3.8) is 0 Å². The molecule has 0 bridgehead atoms. The average molecular weight is 259 g/mol. The zero-order valence-electron chi connectivity index (χ0n) is 11.7. The van der Waals surface area contributed by atoms with Gasteiger partial charge in [0.05, 0.1) is 11.3 Å². The van der Waals surface area contributed by atoms with Crippen molar-refractivity contribution in [1.82, 2.24) is 0 Å². The van der Waals surface area contributed by atoms with E-state index in [1.807, 2.05) is 18.2 Å². The Hall–Kier alpha value is -1.64. The molecule has 0 radical (unpaired) electrons. The molecule has 1 aromatic carbocycles. The lowest BCUT2D eigenvalue weighted by molar-refractivity contribution is -0.112. The summed E-state index contributed by atoms with van der Waals surface area (Å²) in [6.45, 7) is 4.39. The second kappa shape index (κ2) is 6.00. The van der Waals surface area contributed by atoms with Gasteiger partial charge in [-0.25, -0.2) is 0 Å². The Morgan fingerprint density at radius 3 is 2.68 bits per heavy atom. The summed E-state index contributed by atoms with van der Waals surface area (Å²) in [5, 5.41) is 2.58. The van der Waals surface area contributed by atoms with Crippen molar-refractivity contribution < 1.29 is 9.59 Å². The van der Waals surface area contributed by atoms with Gasteiger partial charge in [0.2, 0.25) is 0 Å². The Bertz CT molecular complexity index is 494. The molecular formula is C16H21NO2. The predicted octanol–water partition coefficient (Wildman–Crippen LogP) is 3.90. The molecule has 1 amide bonds. The van der Waals surface area contributed by atoms with Crippen LogP contribution in [0.25, 0.3) is 0 Å². The molecular weight excluding hydrogens is 238 g/mol. The highest BCUT2D eigenvalue weighted by molar-refractivity contribution is 6.51. The molecule has 1 atom stereocenters. The Morgan fingerprint density at radius 2 is 1.95 bits per heavy atom. The van der Waals surface area contributed by atoms with Crippen molar-refractivity contribution in [3.05, 3.63) is 29.3 Å². The second-order valence-corrected chi connectivity index (χ2v) is 5.34. The quantitative estimate of drug-likeness (QED) is 0.622. The molecule has 0 saturated carbocycles. The van der Waals surface area contributed by atoms with Crippen molar-refractivity contribution in [2.45, 2.75) is 51.9 Å². The number of unbranched alkanes of at least 4 members (excludes halogenated alkanes) is 3. The molecule has 0 aromatic heterocycles. The number of benzene rings is 1. The highest BCUT2D eigenvalue weighted by atomic mass is 16.2. The molecule has 0 fully saturated rings. The molecule has 1 aliphatic rings. The number of ketones is 1. The number of fused-ring (bicyclic) bond motifs is 1. The number of amides is 1. The maximum atomic E-state index is 11.7. The maximum absolute atomic E-state index is 11.7. The number of carbonyl (C=O) groups excluding carboxylic acids is 2. The first-order valence-electron chi connectivity index (χ1n) is 7.13. The summed E-state index contributed by atoms with van der Waals surface area (Å²) in [6.07, 6.45) is 6.15. The van der Waals surface area contributed by atoms with Gasteiger partial charge < -0.3 is 5.32 Å². The third kappa shape index (κ3) is 3.03. The highest BCUT2D eigenvalue weighted by Crippen LogP contribution is 2.29. The molecule has 1 aliphatic heterocycles. The van der Waals surface area contributed by atoms with Crippen LogP contribution >= 0.6 is 0 Å². The maximum Gasteiger partial charge on any atom is 0.296 e. The molecule has 0 aliphatic carbocycles. The summed E-state index contributed by atoms with van der Waals surface area (Å²) in [4.78, 5) is 23.0. The summed E-state index contributed by atoms with van der Waals surface area (Å²) in [5.41, 5.74) is 2.33. The molecule has 0 saturated heterocycles. The monoisotopic (exact) mass is 259 g/mol. The number of nitrogens with one attached hydrogen (secondary N) is 1. The summed E-state index contributed by atoms with van der Waals surface area (Å²) in [7, 11) is 0. The molecule has 0 spiro atoms. The molecule has 3 nitrogen and oxygen atoms in total. The predicted molar refractivity (Wildman–Crippen MR) is 76.6 cm³/mol. The van der Waals surface area contributed by atoms with Crippen molar-refractivity contribution in [1.29, 1.82) is 0 Å². The summed E-state index contributed by atoms with van der Waals surface area (Å²) < 4.78 is 0. The molecule has 1 N–H and O–H groups in total. The second-order valence-electron chi connectivity index (χ2n) is 5.34. The van der Waals surface area contributed by atoms with Crippen LogP contribution in [-0.4, -0.2) is 11.7 Å². The standard InChI is InChI=1S/C16H21NO2/c1-3-4-5-6-7-11(2)12-8-9-14-13(10-12)15(18)16(19)17-14/h8-11H,3-7H2,1-2H3,(H,17,18,19). The fourth-order valence-corrected chi connectivity index (χ4v) is 2.51. The van der Waals surface area contributed by atoms with E-state index in [2.05, 4.69) is 19.2 Å². The third-order valence-electron chi connectivity index (χ3n) is 3.80. The van der Waals surface area contributed by atoms with Gasteiger partial charge in [-0.2, -0.15) is 0 Å². The number of rotatable bonds is 6. The first kappa shape index (κ1) is 13.8. The number of carbonyl (C=O) groups is 2. The van der Waals surface area contributed by atoms with Gasteiger partial charge in [0, 0.05) is 0 Å². The first-order chi connectivity index (χ1) is 9.13. The number of anilines is 1. The van der Waals surface area contributed by atoms with E-state index in [1.165, 1.54) is 25.7 Å². The SMILES string of the molecule is CCCCCCC(C)c1ccc2c(c1)C(=O)C(=O)N2.